The number of rotatable bonds is 4. The van der Waals surface area contributed by atoms with Crippen molar-refractivity contribution in [3.05, 3.63) is 0 Å². The van der Waals surface area contributed by atoms with Crippen LogP contribution < -0.4 is 5.32 Å². The zero-order valence-corrected chi connectivity index (χ0v) is 15.0. The first kappa shape index (κ1) is 18.5. The van der Waals surface area contributed by atoms with Gasteiger partial charge in [-0.2, -0.15) is 0 Å². The largest absolute Gasteiger partial charge is 0.444 e. The fourth-order valence-electron chi connectivity index (χ4n) is 2.72. The van der Waals surface area contributed by atoms with Gasteiger partial charge in [0.1, 0.15) is 5.60 Å². The molecule has 136 valence electrons. The van der Waals surface area contributed by atoms with Gasteiger partial charge >= 0.3 is 6.09 Å². The summed E-state index contributed by atoms with van der Waals surface area (Å²) in [7, 11) is 0. The maximum atomic E-state index is 12.3. The van der Waals surface area contributed by atoms with E-state index in [1.165, 1.54) is 0 Å². The summed E-state index contributed by atoms with van der Waals surface area (Å²) in [6, 6.07) is 0. The van der Waals surface area contributed by atoms with Gasteiger partial charge in [-0.1, -0.05) is 0 Å². The van der Waals surface area contributed by atoms with Crippen molar-refractivity contribution < 1.29 is 19.1 Å². The summed E-state index contributed by atoms with van der Waals surface area (Å²) in [5.41, 5.74) is -0.545. The number of carbonyl (C=O) groups excluding carboxylic acids is 3. The molecule has 0 bridgehead atoms. The van der Waals surface area contributed by atoms with Crippen molar-refractivity contribution in [2.24, 2.45) is 5.92 Å². The molecule has 3 amide bonds. The Labute approximate surface area is 143 Å². The van der Waals surface area contributed by atoms with E-state index >= 15 is 0 Å². The molecule has 1 saturated carbocycles. The van der Waals surface area contributed by atoms with Crippen LogP contribution in [-0.2, 0) is 14.3 Å². The molecule has 0 aromatic carbocycles. The van der Waals surface area contributed by atoms with Gasteiger partial charge in [0.05, 0.1) is 0 Å². The van der Waals surface area contributed by atoms with Crippen LogP contribution in [0.4, 0.5) is 4.79 Å². The zero-order chi connectivity index (χ0) is 17.7. The average Bonchev–Trinajstić information content (AvgIpc) is 3.31. The van der Waals surface area contributed by atoms with Gasteiger partial charge in [0.25, 0.3) is 0 Å². The molecular weight excluding hydrogens is 310 g/mol. The van der Waals surface area contributed by atoms with Gasteiger partial charge in [-0.05, 0) is 40.0 Å². The number of amides is 3. The van der Waals surface area contributed by atoms with E-state index < -0.39 is 11.7 Å². The van der Waals surface area contributed by atoms with E-state index in [1.807, 2.05) is 4.90 Å². The smallest absolute Gasteiger partial charge is 0.407 e. The van der Waals surface area contributed by atoms with Crippen LogP contribution in [0.3, 0.4) is 0 Å². The Morgan fingerprint density at radius 1 is 1.04 bits per heavy atom. The fourth-order valence-corrected chi connectivity index (χ4v) is 2.72. The van der Waals surface area contributed by atoms with Crippen molar-refractivity contribution in [3.8, 4) is 0 Å². The highest BCUT2D eigenvalue weighted by Crippen LogP contribution is 2.31. The van der Waals surface area contributed by atoms with E-state index in [-0.39, 0.29) is 30.7 Å². The highest BCUT2D eigenvalue weighted by molar-refractivity contribution is 5.81. The molecule has 7 nitrogen and oxygen atoms in total. The normalized spacial score (nSPS) is 18.8. The lowest BCUT2D eigenvalue weighted by Gasteiger charge is -2.23. The summed E-state index contributed by atoms with van der Waals surface area (Å²) in [6.45, 7) is 8.23. The van der Waals surface area contributed by atoms with Gasteiger partial charge in [-0.15, -0.1) is 0 Å². The summed E-state index contributed by atoms with van der Waals surface area (Å²) < 4.78 is 5.13. The molecule has 0 atom stereocenters. The molecule has 24 heavy (non-hydrogen) atoms. The van der Waals surface area contributed by atoms with Crippen LogP contribution in [0.5, 0.6) is 0 Å². The first-order valence-electron chi connectivity index (χ1n) is 8.80. The van der Waals surface area contributed by atoms with Gasteiger partial charge in [0.2, 0.25) is 11.8 Å². The molecule has 2 rings (SSSR count). The van der Waals surface area contributed by atoms with Crippen LogP contribution >= 0.6 is 0 Å². The minimum Gasteiger partial charge on any atom is -0.444 e. The lowest BCUT2D eigenvalue weighted by atomic mass is 10.2. The standard InChI is InChI=1S/C17H29N3O4/c1-17(2,3)24-16(23)18-8-7-14(21)19-9-4-10-20(12-11-19)15(22)13-5-6-13/h13H,4-12H2,1-3H3,(H,18,23). The van der Waals surface area contributed by atoms with Gasteiger partial charge in [0, 0.05) is 45.1 Å². The molecular formula is C17H29N3O4. The third-order valence-electron chi connectivity index (χ3n) is 4.09. The highest BCUT2D eigenvalue weighted by Gasteiger charge is 2.34. The van der Waals surface area contributed by atoms with Gasteiger partial charge in [-0.25, -0.2) is 4.79 Å². The maximum Gasteiger partial charge on any atom is 0.407 e. The van der Waals surface area contributed by atoms with Crippen LogP contribution in [0.25, 0.3) is 0 Å². The second-order valence-corrected chi connectivity index (χ2v) is 7.51. The van der Waals surface area contributed by atoms with E-state index in [1.54, 1.807) is 25.7 Å². The van der Waals surface area contributed by atoms with E-state index in [0.717, 1.165) is 25.8 Å². The number of nitrogens with one attached hydrogen (secondary N) is 1. The van der Waals surface area contributed by atoms with Gasteiger partial charge < -0.3 is 19.9 Å². The molecule has 0 aromatic rings. The molecule has 0 aromatic heterocycles. The zero-order valence-electron chi connectivity index (χ0n) is 15.0. The third kappa shape index (κ3) is 6.02. The number of nitrogens with zero attached hydrogens (tertiary/aromatic N) is 2. The second kappa shape index (κ2) is 7.85. The predicted octanol–water partition coefficient (Wildman–Crippen LogP) is 1.37. The lowest BCUT2D eigenvalue weighted by molar-refractivity contribution is -0.134. The van der Waals surface area contributed by atoms with Crippen LogP contribution in [-0.4, -0.2) is 66.0 Å². The number of ether oxygens (including phenoxy) is 1. The Morgan fingerprint density at radius 2 is 1.67 bits per heavy atom. The summed E-state index contributed by atoms with van der Waals surface area (Å²) in [5, 5.41) is 2.60. The number of alkyl carbamates (subject to hydrolysis) is 1. The minimum absolute atomic E-state index is 0.00628. The van der Waals surface area contributed by atoms with E-state index in [9.17, 15) is 14.4 Å². The minimum atomic E-state index is -0.545. The molecule has 1 aliphatic carbocycles. The van der Waals surface area contributed by atoms with Gasteiger partial charge in [0.15, 0.2) is 0 Å². The Bertz CT molecular complexity index is 483. The molecule has 0 radical (unpaired) electrons. The van der Waals surface area contributed by atoms with Crippen molar-refractivity contribution in [2.75, 3.05) is 32.7 Å². The molecule has 1 heterocycles. The maximum absolute atomic E-state index is 12.3. The Morgan fingerprint density at radius 3 is 2.29 bits per heavy atom. The first-order valence-corrected chi connectivity index (χ1v) is 8.80. The van der Waals surface area contributed by atoms with E-state index in [4.69, 9.17) is 4.74 Å². The first-order chi connectivity index (χ1) is 11.3. The SMILES string of the molecule is CC(C)(C)OC(=O)NCCC(=O)N1CCCN(C(=O)C2CC2)CC1. The second-order valence-electron chi connectivity index (χ2n) is 7.51. The molecule has 2 aliphatic rings. The predicted molar refractivity (Wildman–Crippen MR) is 89.4 cm³/mol. The van der Waals surface area contributed by atoms with Crippen molar-refractivity contribution in [2.45, 2.75) is 52.1 Å². The molecule has 2 fully saturated rings. The van der Waals surface area contributed by atoms with Crippen molar-refractivity contribution in [1.29, 1.82) is 0 Å². The Hall–Kier alpha value is -1.79. The number of carbonyl (C=O) groups is 3. The fraction of sp³-hybridized carbons (Fsp3) is 0.824. The molecule has 0 unspecified atom stereocenters. The highest BCUT2D eigenvalue weighted by atomic mass is 16.6. The molecule has 7 heteroatoms. The van der Waals surface area contributed by atoms with Crippen LogP contribution in [0, 0.1) is 5.92 Å². The molecule has 1 N–H and O–H groups in total. The van der Waals surface area contributed by atoms with Crippen molar-refractivity contribution >= 4 is 17.9 Å². The van der Waals surface area contributed by atoms with Crippen LogP contribution in [0.1, 0.15) is 46.5 Å². The molecule has 1 saturated heterocycles. The summed E-state index contributed by atoms with van der Waals surface area (Å²) >= 11 is 0. The average molecular weight is 339 g/mol. The molecule has 1 aliphatic heterocycles. The summed E-state index contributed by atoms with van der Waals surface area (Å²) in [6.07, 6.45) is 2.56. The van der Waals surface area contributed by atoms with Gasteiger partial charge in [-0.3, -0.25) is 9.59 Å². The molecule has 0 spiro atoms. The number of hydrogen-bond donors (Lipinski definition) is 1. The van der Waals surface area contributed by atoms with E-state index in [2.05, 4.69) is 5.32 Å². The number of hydrogen-bond acceptors (Lipinski definition) is 4. The summed E-state index contributed by atoms with van der Waals surface area (Å²) in [5.74, 6) is 0.480. The summed E-state index contributed by atoms with van der Waals surface area (Å²) in [4.78, 5) is 39.6. The Balaban J connectivity index is 1.69. The van der Waals surface area contributed by atoms with Crippen LogP contribution in [0.2, 0.25) is 0 Å². The topological polar surface area (TPSA) is 79.0 Å². The lowest BCUT2D eigenvalue weighted by Crippen LogP contribution is -2.39. The third-order valence-corrected chi connectivity index (χ3v) is 4.09. The van der Waals surface area contributed by atoms with Crippen LogP contribution in [0.15, 0.2) is 0 Å². The van der Waals surface area contributed by atoms with E-state index in [0.29, 0.717) is 19.6 Å². The van der Waals surface area contributed by atoms with Crippen molar-refractivity contribution in [1.82, 2.24) is 15.1 Å². The Kier molecular flexibility index (Phi) is 6.07. The van der Waals surface area contributed by atoms with Crippen molar-refractivity contribution in [3.63, 3.8) is 0 Å². The quantitative estimate of drug-likeness (QED) is 0.839. The monoisotopic (exact) mass is 339 g/mol.